The van der Waals surface area contributed by atoms with Gasteiger partial charge in [-0.15, -0.1) is 0 Å². The first-order valence-corrected chi connectivity index (χ1v) is 8.70. The maximum atomic E-state index is 10.7. The van der Waals surface area contributed by atoms with Crippen molar-refractivity contribution in [2.24, 2.45) is 0 Å². The van der Waals surface area contributed by atoms with Gasteiger partial charge in [0.15, 0.2) is 0 Å². The number of nitrogens with zero attached hydrogens (tertiary/aromatic N) is 2. The number of aromatic hydroxyl groups is 2. The van der Waals surface area contributed by atoms with Gasteiger partial charge in [-0.05, 0) is 42.3 Å². The van der Waals surface area contributed by atoms with Crippen LogP contribution in [-0.4, -0.2) is 24.3 Å². The highest BCUT2D eigenvalue weighted by Crippen LogP contribution is 2.41. The minimum absolute atomic E-state index is 0.163. The summed E-state index contributed by atoms with van der Waals surface area (Å²) in [4.78, 5) is 1.92. The predicted molar refractivity (Wildman–Crippen MR) is 107 cm³/mol. The fourth-order valence-electron chi connectivity index (χ4n) is 3.23. The van der Waals surface area contributed by atoms with Crippen LogP contribution in [0.1, 0.15) is 33.7 Å². The smallest absolute Gasteiger partial charge is 0.121 e. The summed E-state index contributed by atoms with van der Waals surface area (Å²) in [6.07, 6.45) is 0. The van der Waals surface area contributed by atoms with E-state index in [1.807, 2.05) is 62.3 Å². The van der Waals surface area contributed by atoms with Gasteiger partial charge in [0.05, 0.1) is 11.6 Å². The van der Waals surface area contributed by atoms with Crippen molar-refractivity contribution >= 4 is 5.69 Å². The first kappa shape index (κ1) is 18.3. The first-order chi connectivity index (χ1) is 12.9. The summed E-state index contributed by atoms with van der Waals surface area (Å²) in [5.41, 5.74) is 4.71. The molecule has 0 bridgehead atoms. The summed E-state index contributed by atoms with van der Waals surface area (Å²) in [6, 6.07) is 20.4. The van der Waals surface area contributed by atoms with Crippen molar-refractivity contribution in [2.45, 2.75) is 12.8 Å². The van der Waals surface area contributed by atoms with E-state index in [0.29, 0.717) is 16.7 Å². The van der Waals surface area contributed by atoms with Crippen molar-refractivity contribution in [1.82, 2.24) is 0 Å². The van der Waals surface area contributed by atoms with Crippen LogP contribution in [0.3, 0.4) is 0 Å². The molecule has 1 atom stereocenters. The van der Waals surface area contributed by atoms with Crippen LogP contribution in [0.15, 0.2) is 60.7 Å². The maximum absolute atomic E-state index is 10.7. The molecule has 4 nitrogen and oxygen atoms in total. The van der Waals surface area contributed by atoms with Gasteiger partial charge >= 0.3 is 0 Å². The van der Waals surface area contributed by atoms with Crippen LogP contribution in [0.5, 0.6) is 11.5 Å². The number of nitriles is 1. The lowest BCUT2D eigenvalue weighted by atomic mass is 9.83. The van der Waals surface area contributed by atoms with Crippen molar-refractivity contribution in [3.63, 3.8) is 0 Å². The minimum Gasteiger partial charge on any atom is -0.508 e. The minimum atomic E-state index is -0.352. The fourth-order valence-corrected chi connectivity index (χ4v) is 3.23. The molecule has 0 spiro atoms. The molecule has 3 rings (SSSR count). The number of aryl methyl sites for hydroxylation is 1. The van der Waals surface area contributed by atoms with E-state index in [-0.39, 0.29) is 17.4 Å². The fraction of sp³-hybridized carbons (Fsp3) is 0.174. The van der Waals surface area contributed by atoms with E-state index in [1.54, 1.807) is 24.3 Å². The van der Waals surface area contributed by atoms with E-state index < -0.39 is 0 Å². The molecule has 0 aliphatic heterocycles. The Balaban J connectivity index is 2.19. The molecule has 0 amide bonds. The van der Waals surface area contributed by atoms with Gasteiger partial charge in [-0.25, -0.2) is 0 Å². The lowest BCUT2D eigenvalue weighted by Gasteiger charge is -2.22. The second-order valence-electron chi connectivity index (χ2n) is 6.87. The number of phenolic OH excluding ortho intramolecular Hbond substituents is 2. The Kier molecular flexibility index (Phi) is 5.05. The molecule has 1 unspecified atom stereocenters. The van der Waals surface area contributed by atoms with Crippen LogP contribution in [0.4, 0.5) is 5.69 Å². The predicted octanol–water partition coefficient (Wildman–Crippen LogP) is 4.52. The molecule has 0 aliphatic rings. The van der Waals surface area contributed by atoms with E-state index in [4.69, 9.17) is 5.26 Å². The summed E-state index contributed by atoms with van der Waals surface area (Å²) in [5, 5.41) is 30.4. The van der Waals surface area contributed by atoms with Crippen molar-refractivity contribution < 1.29 is 10.2 Å². The molecule has 0 radical (unpaired) electrons. The number of rotatable bonds is 4. The molecule has 136 valence electrons. The Hall–Kier alpha value is -3.45. The largest absolute Gasteiger partial charge is 0.508 e. The second-order valence-corrected chi connectivity index (χ2v) is 6.87. The molecule has 27 heavy (non-hydrogen) atoms. The summed E-state index contributed by atoms with van der Waals surface area (Å²) in [5.74, 6) is -0.00876. The zero-order valence-electron chi connectivity index (χ0n) is 15.6. The second kappa shape index (κ2) is 7.43. The Labute approximate surface area is 159 Å². The van der Waals surface area contributed by atoms with E-state index in [2.05, 4.69) is 6.07 Å². The van der Waals surface area contributed by atoms with Crippen LogP contribution >= 0.6 is 0 Å². The molecular weight excluding hydrogens is 336 g/mol. The molecular formula is C23H22N2O2. The van der Waals surface area contributed by atoms with Crippen molar-refractivity contribution in [3.05, 3.63) is 88.5 Å². The van der Waals surface area contributed by atoms with E-state index >= 15 is 0 Å². The average Bonchev–Trinajstić information content (AvgIpc) is 2.65. The molecule has 0 saturated heterocycles. The van der Waals surface area contributed by atoms with Crippen LogP contribution in [0.25, 0.3) is 0 Å². The van der Waals surface area contributed by atoms with Crippen LogP contribution < -0.4 is 4.90 Å². The topological polar surface area (TPSA) is 67.5 Å². The van der Waals surface area contributed by atoms with Crippen LogP contribution in [0.2, 0.25) is 0 Å². The lowest BCUT2D eigenvalue weighted by Crippen LogP contribution is -2.09. The first-order valence-electron chi connectivity index (χ1n) is 8.70. The highest BCUT2D eigenvalue weighted by molar-refractivity contribution is 5.59. The summed E-state index contributed by atoms with van der Waals surface area (Å²) in [7, 11) is 3.83. The molecule has 4 heteroatoms. The van der Waals surface area contributed by atoms with E-state index in [0.717, 1.165) is 16.8 Å². The normalized spacial score (nSPS) is 11.6. The highest BCUT2D eigenvalue weighted by Gasteiger charge is 2.23. The van der Waals surface area contributed by atoms with Gasteiger partial charge in [-0.2, -0.15) is 5.26 Å². The third-order valence-corrected chi connectivity index (χ3v) is 4.71. The van der Waals surface area contributed by atoms with Crippen molar-refractivity contribution in [1.29, 1.82) is 5.26 Å². The molecule has 0 aliphatic carbocycles. The van der Waals surface area contributed by atoms with Gasteiger partial charge in [0.1, 0.15) is 11.5 Å². The van der Waals surface area contributed by atoms with Crippen molar-refractivity contribution in [3.8, 4) is 17.6 Å². The van der Waals surface area contributed by atoms with Crippen LogP contribution in [0, 0.1) is 18.3 Å². The standard InChI is InChI=1S/C23H22N2O2/c1-15-4-10-19(21(26)12-15)23(17-7-5-16(14-24)6-8-17)20-11-9-18(25(2)3)13-22(20)27/h4-13,23,26-27H,1-3H3. The highest BCUT2D eigenvalue weighted by atomic mass is 16.3. The quantitative estimate of drug-likeness (QED) is 0.673. The number of benzene rings is 3. The third-order valence-electron chi connectivity index (χ3n) is 4.71. The van der Waals surface area contributed by atoms with Gasteiger partial charge < -0.3 is 15.1 Å². The summed E-state index contributed by atoms with van der Waals surface area (Å²) >= 11 is 0. The summed E-state index contributed by atoms with van der Waals surface area (Å²) < 4.78 is 0. The third kappa shape index (κ3) is 3.73. The molecule has 0 aromatic heterocycles. The lowest BCUT2D eigenvalue weighted by molar-refractivity contribution is 0.458. The molecule has 2 N–H and O–H groups in total. The Bertz CT molecular complexity index is 1000. The summed E-state index contributed by atoms with van der Waals surface area (Å²) in [6.45, 7) is 1.92. The van der Waals surface area contributed by atoms with Gasteiger partial charge in [-0.3, -0.25) is 0 Å². The Morgan fingerprint density at radius 1 is 0.852 bits per heavy atom. The maximum Gasteiger partial charge on any atom is 0.121 e. The van der Waals surface area contributed by atoms with Crippen molar-refractivity contribution in [2.75, 3.05) is 19.0 Å². The number of phenols is 2. The Morgan fingerprint density at radius 3 is 1.96 bits per heavy atom. The van der Waals surface area contributed by atoms with Gasteiger partial charge in [-0.1, -0.05) is 30.3 Å². The van der Waals surface area contributed by atoms with Gasteiger partial charge in [0.2, 0.25) is 0 Å². The molecule has 3 aromatic rings. The number of hydrogen-bond acceptors (Lipinski definition) is 4. The Morgan fingerprint density at radius 2 is 1.44 bits per heavy atom. The average molecular weight is 358 g/mol. The number of anilines is 1. The zero-order valence-corrected chi connectivity index (χ0v) is 15.6. The molecule has 0 heterocycles. The van der Waals surface area contributed by atoms with Crippen LogP contribution in [-0.2, 0) is 0 Å². The van der Waals surface area contributed by atoms with E-state index in [1.165, 1.54) is 0 Å². The van der Waals surface area contributed by atoms with Gasteiger partial charge in [0.25, 0.3) is 0 Å². The molecule has 0 fully saturated rings. The zero-order chi connectivity index (χ0) is 19.6. The van der Waals surface area contributed by atoms with Gasteiger partial charge in [0, 0.05) is 42.9 Å². The SMILES string of the molecule is Cc1ccc(C(c2ccc(C#N)cc2)c2ccc(N(C)C)cc2O)c(O)c1. The molecule has 3 aromatic carbocycles. The van der Waals surface area contributed by atoms with E-state index in [9.17, 15) is 10.2 Å². The number of hydrogen-bond donors (Lipinski definition) is 2. The monoisotopic (exact) mass is 358 g/mol. The molecule has 0 saturated carbocycles.